The lowest BCUT2D eigenvalue weighted by atomic mass is 10.1. The number of rotatable bonds is 3. The van der Waals surface area contributed by atoms with Gasteiger partial charge in [-0.1, -0.05) is 54.6 Å². The van der Waals surface area contributed by atoms with E-state index in [2.05, 4.69) is 5.32 Å². The van der Waals surface area contributed by atoms with Gasteiger partial charge in [0.2, 0.25) is 0 Å². The first-order valence-corrected chi connectivity index (χ1v) is 6.97. The number of benzene rings is 2. The van der Waals surface area contributed by atoms with E-state index in [1.54, 1.807) is 0 Å². The van der Waals surface area contributed by atoms with Crippen LogP contribution >= 0.6 is 0 Å². The predicted octanol–water partition coefficient (Wildman–Crippen LogP) is 2.57. The lowest BCUT2D eigenvalue weighted by Gasteiger charge is -2.17. The van der Waals surface area contributed by atoms with Crippen LogP contribution in [0.1, 0.15) is 22.7 Å². The summed E-state index contributed by atoms with van der Waals surface area (Å²) in [6.45, 7) is 0.219. The van der Waals surface area contributed by atoms with Crippen molar-refractivity contribution in [2.75, 3.05) is 0 Å². The molecule has 0 spiro atoms. The van der Waals surface area contributed by atoms with E-state index in [0.717, 1.165) is 16.7 Å². The summed E-state index contributed by atoms with van der Waals surface area (Å²) in [5.41, 5.74) is 2.96. The number of fused-ring (bicyclic) bond motifs is 1. The first kappa shape index (κ1) is 13.6. The third-order valence-electron chi connectivity index (χ3n) is 3.69. The Morgan fingerprint density at radius 1 is 1.14 bits per heavy atom. The third kappa shape index (κ3) is 3.06. The van der Waals surface area contributed by atoms with Gasteiger partial charge in [-0.05, 0) is 16.7 Å². The van der Waals surface area contributed by atoms with E-state index in [4.69, 9.17) is 4.74 Å². The Hall–Kier alpha value is -2.33. The fourth-order valence-corrected chi connectivity index (χ4v) is 2.64. The standard InChI is InChI=1S/C17H17NO3/c19-15-10-13-8-4-5-9-14(13)16(15)18-17(20)21-11-12-6-2-1-3-7-12/h1-9,15-16,19H,10-11H2,(H,18,20)/t15-,16+/m0/s1. The Morgan fingerprint density at radius 2 is 1.86 bits per heavy atom. The van der Waals surface area contributed by atoms with Crippen molar-refractivity contribution in [1.82, 2.24) is 5.32 Å². The zero-order valence-corrected chi connectivity index (χ0v) is 11.5. The molecule has 2 aromatic rings. The fourth-order valence-electron chi connectivity index (χ4n) is 2.64. The Kier molecular flexibility index (Phi) is 3.88. The molecular formula is C17H17NO3. The number of hydrogen-bond acceptors (Lipinski definition) is 3. The van der Waals surface area contributed by atoms with E-state index >= 15 is 0 Å². The quantitative estimate of drug-likeness (QED) is 0.910. The summed E-state index contributed by atoms with van der Waals surface area (Å²) >= 11 is 0. The molecule has 0 radical (unpaired) electrons. The molecule has 1 aliphatic rings. The van der Waals surface area contributed by atoms with Crippen LogP contribution in [0.5, 0.6) is 0 Å². The number of alkyl carbamates (subject to hydrolysis) is 1. The third-order valence-corrected chi connectivity index (χ3v) is 3.69. The molecule has 3 rings (SSSR count). The van der Waals surface area contributed by atoms with Gasteiger partial charge in [-0.15, -0.1) is 0 Å². The number of aliphatic hydroxyl groups is 1. The summed E-state index contributed by atoms with van der Waals surface area (Å²) in [6.07, 6.45) is -0.564. The van der Waals surface area contributed by atoms with E-state index in [1.807, 2.05) is 54.6 Å². The van der Waals surface area contributed by atoms with Gasteiger partial charge in [0, 0.05) is 6.42 Å². The summed E-state index contributed by atoms with van der Waals surface area (Å²) in [7, 11) is 0. The largest absolute Gasteiger partial charge is 0.445 e. The normalized spacial score (nSPS) is 19.9. The number of nitrogens with one attached hydrogen (secondary N) is 1. The summed E-state index contributed by atoms with van der Waals surface area (Å²) in [4.78, 5) is 11.9. The van der Waals surface area contributed by atoms with Gasteiger partial charge in [0.15, 0.2) is 0 Å². The van der Waals surface area contributed by atoms with Gasteiger partial charge >= 0.3 is 6.09 Å². The van der Waals surface area contributed by atoms with Crippen LogP contribution in [0.3, 0.4) is 0 Å². The fraction of sp³-hybridized carbons (Fsp3) is 0.235. The Balaban J connectivity index is 1.60. The number of amides is 1. The number of carbonyl (C=O) groups excluding carboxylic acids is 1. The van der Waals surface area contributed by atoms with Crippen LogP contribution in [0.4, 0.5) is 4.79 Å². The van der Waals surface area contributed by atoms with E-state index in [0.29, 0.717) is 6.42 Å². The van der Waals surface area contributed by atoms with Gasteiger partial charge in [-0.3, -0.25) is 0 Å². The zero-order valence-electron chi connectivity index (χ0n) is 11.5. The maximum absolute atomic E-state index is 11.9. The number of aliphatic hydroxyl groups excluding tert-OH is 1. The van der Waals surface area contributed by atoms with Crippen LogP contribution in [-0.2, 0) is 17.8 Å². The Morgan fingerprint density at radius 3 is 2.67 bits per heavy atom. The molecule has 21 heavy (non-hydrogen) atoms. The highest BCUT2D eigenvalue weighted by Gasteiger charge is 2.32. The van der Waals surface area contributed by atoms with Crippen molar-refractivity contribution in [3.05, 3.63) is 71.3 Å². The molecule has 108 valence electrons. The summed E-state index contributed by atoms with van der Waals surface area (Å²) in [5.74, 6) is 0. The molecule has 1 amide bonds. The van der Waals surface area contributed by atoms with Crippen molar-refractivity contribution in [1.29, 1.82) is 0 Å². The average molecular weight is 283 g/mol. The van der Waals surface area contributed by atoms with E-state index in [-0.39, 0.29) is 6.61 Å². The topological polar surface area (TPSA) is 58.6 Å². The highest BCUT2D eigenvalue weighted by atomic mass is 16.5. The molecule has 4 heteroatoms. The Labute approximate surface area is 123 Å². The van der Waals surface area contributed by atoms with Crippen LogP contribution < -0.4 is 5.32 Å². The molecule has 0 heterocycles. The van der Waals surface area contributed by atoms with Gasteiger partial charge < -0.3 is 15.2 Å². The predicted molar refractivity (Wildman–Crippen MR) is 78.7 cm³/mol. The molecule has 0 bridgehead atoms. The molecule has 4 nitrogen and oxygen atoms in total. The first-order valence-electron chi connectivity index (χ1n) is 6.97. The molecule has 2 atom stereocenters. The SMILES string of the molecule is O=C(N[C@@H]1c2ccccc2C[C@@H]1O)OCc1ccccc1. The molecule has 0 saturated heterocycles. The van der Waals surface area contributed by atoms with Gasteiger partial charge in [0.1, 0.15) is 6.61 Å². The highest BCUT2D eigenvalue weighted by Crippen LogP contribution is 2.31. The minimum atomic E-state index is -0.605. The van der Waals surface area contributed by atoms with Crippen molar-refractivity contribution >= 4 is 6.09 Å². The molecule has 0 saturated carbocycles. The average Bonchev–Trinajstić information content (AvgIpc) is 2.82. The molecule has 1 aliphatic carbocycles. The molecule has 0 aromatic heterocycles. The van der Waals surface area contributed by atoms with Crippen LogP contribution in [0, 0.1) is 0 Å². The van der Waals surface area contributed by atoms with Gasteiger partial charge in [-0.25, -0.2) is 4.79 Å². The second-order valence-electron chi connectivity index (χ2n) is 5.15. The van der Waals surface area contributed by atoms with Gasteiger partial charge in [-0.2, -0.15) is 0 Å². The van der Waals surface area contributed by atoms with Gasteiger partial charge in [0.25, 0.3) is 0 Å². The van der Waals surface area contributed by atoms with Crippen molar-refractivity contribution < 1.29 is 14.6 Å². The molecule has 0 fully saturated rings. The number of hydrogen-bond donors (Lipinski definition) is 2. The zero-order chi connectivity index (χ0) is 14.7. The van der Waals surface area contributed by atoms with Crippen LogP contribution in [0.2, 0.25) is 0 Å². The number of ether oxygens (including phenoxy) is 1. The Bertz CT molecular complexity index is 627. The smallest absolute Gasteiger partial charge is 0.408 e. The monoisotopic (exact) mass is 283 g/mol. The molecular weight excluding hydrogens is 266 g/mol. The number of carbonyl (C=O) groups is 1. The minimum Gasteiger partial charge on any atom is -0.445 e. The second kappa shape index (κ2) is 5.97. The molecule has 0 aliphatic heterocycles. The van der Waals surface area contributed by atoms with Crippen molar-refractivity contribution in [2.24, 2.45) is 0 Å². The molecule has 2 aromatic carbocycles. The van der Waals surface area contributed by atoms with Crippen molar-refractivity contribution in [3.8, 4) is 0 Å². The van der Waals surface area contributed by atoms with Gasteiger partial charge in [0.05, 0.1) is 12.1 Å². The highest BCUT2D eigenvalue weighted by molar-refractivity contribution is 5.68. The maximum atomic E-state index is 11.9. The lowest BCUT2D eigenvalue weighted by molar-refractivity contribution is 0.109. The van der Waals surface area contributed by atoms with Crippen molar-refractivity contribution in [3.63, 3.8) is 0 Å². The summed E-state index contributed by atoms with van der Waals surface area (Å²) < 4.78 is 5.19. The maximum Gasteiger partial charge on any atom is 0.408 e. The van der Waals surface area contributed by atoms with Crippen LogP contribution in [0.25, 0.3) is 0 Å². The van der Waals surface area contributed by atoms with E-state index in [9.17, 15) is 9.90 Å². The van der Waals surface area contributed by atoms with Crippen LogP contribution in [-0.4, -0.2) is 17.3 Å². The second-order valence-corrected chi connectivity index (χ2v) is 5.15. The summed E-state index contributed by atoms with van der Waals surface area (Å²) in [6, 6.07) is 16.8. The lowest BCUT2D eigenvalue weighted by Crippen LogP contribution is -2.34. The molecule has 2 N–H and O–H groups in total. The van der Waals surface area contributed by atoms with Crippen LogP contribution in [0.15, 0.2) is 54.6 Å². The molecule has 0 unspecified atom stereocenters. The minimum absolute atomic E-state index is 0.219. The van der Waals surface area contributed by atoms with Crippen molar-refractivity contribution in [2.45, 2.75) is 25.2 Å². The first-order chi connectivity index (χ1) is 10.2. The van der Waals surface area contributed by atoms with E-state index < -0.39 is 18.2 Å². The van der Waals surface area contributed by atoms with E-state index in [1.165, 1.54) is 0 Å². The summed E-state index contributed by atoms with van der Waals surface area (Å²) in [5, 5.41) is 12.8.